The second-order valence-corrected chi connectivity index (χ2v) is 10.3. The average molecular weight is 395 g/mol. The highest BCUT2D eigenvalue weighted by Gasteiger charge is 2.71. The van der Waals surface area contributed by atoms with Crippen LogP contribution in [0.4, 0.5) is 0 Å². The smallest absolute Gasteiger partial charge is 0.314 e. The minimum Gasteiger partial charge on any atom is -0.481 e. The van der Waals surface area contributed by atoms with Gasteiger partial charge >= 0.3 is 5.97 Å². The number of carboxylic acids is 1. The van der Waals surface area contributed by atoms with Crippen LogP contribution in [0.2, 0.25) is 0 Å². The molecule has 0 spiro atoms. The first-order valence-electron chi connectivity index (χ1n) is 10.8. The number of unbranched alkanes of at least 4 members (excludes halogenated alkanes) is 2. The van der Waals surface area contributed by atoms with E-state index in [9.17, 15) is 14.7 Å². The topological polar surface area (TPSA) is 54.4 Å². The fraction of sp³-hybridized carbons (Fsp3) is 0.826. The van der Waals surface area contributed by atoms with Gasteiger partial charge in [0.15, 0.2) is 0 Å². The van der Waals surface area contributed by atoms with Crippen molar-refractivity contribution in [2.24, 2.45) is 40.4 Å². The standard InChI is InChI=1S/C23H35ClO3/c1-5-6-7-8-17-15(4)20(24)10-19(17)22(13-25)11-16-9-18(14(2)3)23(22,12-16)21(26)27/h9,13-17,19-20H,5-8,10-12H2,1-4H3,(H,26,27)/t15?,16?,17?,19?,20?,22-,23+/m0/s1. The van der Waals surface area contributed by atoms with Crippen LogP contribution < -0.4 is 0 Å². The van der Waals surface area contributed by atoms with E-state index < -0.39 is 16.8 Å². The van der Waals surface area contributed by atoms with Gasteiger partial charge < -0.3 is 9.90 Å². The summed E-state index contributed by atoms with van der Waals surface area (Å²) in [4.78, 5) is 25.5. The van der Waals surface area contributed by atoms with Crippen molar-refractivity contribution in [3.63, 3.8) is 0 Å². The van der Waals surface area contributed by atoms with Crippen LogP contribution in [-0.2, 0) is 9.59 Å². The maximum atomic E-state index is 12.7. The number of aldehydes is 1. The Morgan fingerprint density at radius 2 is 2.07 bits per heavy atom. The first-order valence-corrected chi connectivity index (χ1v) is 11.2. The number of carboxylic acid groups (broad SMARTS) is 1. The molecule has 2 fully saturated rings. The number of aliphatic carboxylic acids is 1. The lowest BCUT2D eigenvalue weighted by Gasteiger charge is -2.48. The van der Waals surface area contributed by atoms with Gasteiger partial charge in [-0.3, -0.25) is 4.79 Å². The molecule has 0 aliphatic heterocycles. The molecule has 3 rings (SSSR count). The van der Waals surface area contributed by atoms with Gasteiger partial charge in [0.2, 0.25) is 0 Å². The van der Waals surface area contributed by atoms with E-state index in [4.69, 9.17) is 11.6 Å². The van der Waals surface area contributed by atoms with E-state index in [1.165, 1.54) is 6.42 Å². The number of rotatable bonds is 8. The number of halogens is 1. The Kier molecular flexibility index (Phi) is 5.83. The summed E-state index contributed by atoms with van der Waals surface area (Å²) in [6, 6.07) is 0. The minimum atomic E-state index is -1.03. The quantitative estimate of drug-likeness (QED) is 0.248. The van der Waals surface area contributed by atoms with Gasteiger partial charge in [-0.05, 0) is 55.3 Å². The highest BCUT2D eigenvalue weighted by Crippen LogP contribution is 2.71. The number of alkyl halides is 1. The van der Waals surface area contributed by atoms with Gasteiger partial charge in [0, 0.05) is 10.8 Å². The third kappa shape index (κ3) is 2.91. The zero-order valence-electron chi connectivity index (χ0n) is 17.2. The summed E-state index contributed by atoms with van der Waals surface area (Å²) in [5.74, 6) is 0.315. The predicted molar refractivity (Wildman–Crippen MR) is 109 cm³/mol. The third-order valence-electron chi connectivity index (χ3n) is 8.11. The van der Waals surface area contributed by atoms with Crippen molar-refractivity contribution in [2.75, 3.05) is 0 Å². The maximum Gasteiger partial charge on any atom is 0.314 e. The van der Waals surface area contributed by atoms with E-state index in [0.29, 0.717) is 24.7 Å². The molecular weight excluding hydrogens is 360 g/mol. The Morgan fingerprint density at radius 3 is 2.63 bits per heavy atom. The van der Waals surface area contributed by atoms with Crippen molar-refractivity contribution in [1.29, 1.82) is 0 Å². The van der Waals surface area contributed by atoms with Gasteiger partial charge in [0.1, 0.15) is 11.7 Å². The average Bonchev–Trinajstić information content (AvgIpc) is 3.26. The summed E-state index contributed by atoms with van der Waals surface area (Å²) in [6.45, 7) is 8.52. The monoisotopic (exact) mass is 394 g/mol. The Balaban J connectivity index is 2.05. The molecule has 2 bridgehead atoms. The van der Waals surface area contributed by atoms with Crippen LogP contribution in [0.3, 0.4) is 0 Å². The highest BCUT2D eigenvalue weighted by molar-refractivity contribution is 6.21. The SMILES string of the molecule is CCCCCC1C(C)C(Cl)CC1[C@@]1(C=O)CC2C=C(C(C)C)[C@@]1(C(=O)O)C2. The lowest BCUT2D eigenvalue weighted by Crippen LogP contribution is -2.53. The van der Waals surface area contributed by atoms with Crippen molar-refractivity contribution < 1.29 is 14.7 Å². The molecule has 0 aromatic carbocycles. The van der Waals surface area contributed by atoms with Gasteiger partial charge in [0.05, 0.1) is 0 Å². The molecule has 1 N–H and O–H groups in total. The summed E-state index contributed by atoms with van der Waals surface area (Å²) in [5, 5.41) is 10.5. The number of allylic oxidation sites excluding steroid dienone is 1. The zero-order chi connectivity index (χ0) is 20.0. The Hall–Kier alpha value is -0.830. The lowest BCUT2D eigenvalue weighted by molar-refractivity contribution is -0.160. The Bertz CT molecular complexity index is 627. The van der Waals surface area contributed by atoms with E-state index in [1.54, 1.807) is 0 Å². The molecule has 4 heteroatoms. The molecule has 2 saturated carbocycles. The molecular formula is C23H35ClO3. The Morgan fingerprint density at radius 1 is 1.37 bits per heavy atom. The van der Waals surface area contributed by atoms with Crippen molar-refractivity contribution in [3.05, 3.63) is 11.6 Å². The Labute approximate surface area is 168 Å². The van der Waals surface area contributed by atoms with Crippen molar-refractivity contribution in [1.82, 2.24) is 0 Å². The number of fused-ring (bicyclic) bond motifs is 2. The van der Waals surface area contributed by atoms with E-state index in [0.717, 1.165) is 37.5 Å². The van der Waals surface area contributed by atoms with Crippen LogP contribution in [-0.4, -0.2) is 22.7 Å². The van der Waals surface area contributed by atoms with Crippen LogP contribution in [0.5, 0.6) is 0 Å². The van der Waals surface area contributed by atoms with E-state index >= 15 is 0 Å². The molecule has 3 aliphatic rings. The van der Waals surface area contributed by atoms with Gasteiger partial charge in [-0.15, -0.1) is 11.6 Å². The van der Waals surface area contributed by atoms with Crippen molar-refractivity contribution in [3.8, 4) is 0 Å². The van der Waals surface area contributed by atoms with Gasteiger partial charge in [-0.1, -0.05) is 58.6 Å². The molecule has 3 aliphatic carbocycles. The third-order valence-corrected chi connectivity index (χ3v) is 8.69. The summed E-state index contributed by atoms with van der Waals surface area (Å²) in [6.07, 6.45) is 9.80. The summed E-state index contributed by atoms with van der Waals surface area (Å²) in [5.41, 5.74) is -0.842. The molecule has 152 valence electrons. The lowest BCUT2D eigenvalue weighted by atomic mass is 9.52. The van der Waals surface area contributed by atoms with E-state index in [2.05, 4.69) is 33.8 Å². The van der Waals surface area contributed by atoms with Crippen LogP contribution in [0.1, 0.15) is 72.6 Å². The molecule has 0 heterocycles. The number of carbonyl (C=O) groups is 2. The molecule has 0 radical (unpaired) electrons. The molecule has 7 atom stereocenters. The van der Waals surface area contributed by atoms with Crippen molar-refractivity contribution in [2.45, 2.75) is 78.0 Å². The highest BCUT2D eigenvalue weighted by atomic mass is 35.5. The van der Waals surface area contributed by atoms with Gasteiger partial charge in [-0.2, -0.15) is 0 Å². The van der Waals surface area contributed by atoms with Crippen LogP contribution in [0.25, 0.3) is 0 Å². The van der Waals surface area contributed by atoms with E-state index in [1.807, 2.05) is 0 Å². The van der Waals surface area contributed by atoms with Crippen LogP contribution in [0.15, 0.2) is 11.6 Å². The largest absolute Gasteiger partial charge is 0.481 e. The predicted octanol–water partition coefficient (Wildman–Crippen LogP) is 5.71. The van der Waals surface area contributed by atoms with E-state index in [-0.39, 0.29) is 23.1 Å². The molecule has 0 aromatic heterocycles. The van der Waals surface area contributed by atoms with Gasteiger partial charge in [-0.25, -0.2) is 0 Å². The maximum absolute atomic E-state index is 12.7. The number of carbonyl (C=O) groups excluding carboxylic acids is 1. The summed E-state index contributed by atoms with van der Waals surface area (Å²) in [7, 11) is 0. The number of hydrogen-bond acceptors (Lipinski definition) is 2. The summed E-state index contributed by atoms with van der Waals surface area (Å²) < 4.78 is 0. The molecule has 0 amide bonds. The fourth-order valence-electron chi connectivity index (χ4n) is 6.92. The first-order chi connectivity index (χ1) is 12.7. The molecule has 0 saturated heterocycles. The minimum absolute atomic E-state index is 0.0369. The first kappa shape index (κ1) is 20.9. The van der Waals surface area contributed by atoms with Crippen molar-refractivity contribution >= 4 is 23.9 Å². The molecule has 0 aromatic rings. The fourth-order valence-corrected chi connectivity index (χ4v) is 7.30. The normalized spacial score (nSPS) is 43.3. The van der Waals surface area contributed by atoms with Crippen LogP contribution >= 0.6 is 11.6 Å². The zero-order valence-corrected chi connectivity index (χ0v) is 18.0. The van der Waals surface area contributed by atoms with Crippen LogP contribution in [0, 0.1) is 40.4 Å². The summed E-state index contributed by atoms with van der Waals surface area (Å²) >= 11 is 6.71. The molecule has 5 unspecified atom stereocenters. The molecule has 27 heavy (non-hydrogen) atoms. The second kappa shape index (κ2) is 7.54. The second-order valence-electron chi connectivity index (χ2n) is 9.69. The number of hydrogen-bond donors (Lipinski definition) is 1. The van der Waals surface area contributed by atoms with Gasteiger partial charge in [0.25, 0.3) is 0 Å². The molecule has 3 nitrogen and oxygen atoms in total.